The number of nitrogens with one attached hydrogen (secondary N) is 3. The lowest BCUT2D eigenvalue weighted by Crippen LogP contribution is -2.59. The first-order valence-electron chi connectivity index (χ1n) is 18.3. The van der Waals surface area contributed by atoms with Gasteiger partial charge in [0.1, 0.15) is 23.7 Å². The van der Waals surface area contributed by atoms with Crippen LogP contribution in [0, 0.1) is 11.8 Å². The van der Waals surface area contributed by atoms with E-state index in [1.807, 2.05) is 18.2 Å². The van der Waals surface area contributed by atoms with Crippen LogP contribution in [0.3, 0.4) is 0 Å². The van der Waals surface area contributed by atoms with Crippen molar-refractivity contribution in [2.75, 3.05) is 13.2 Å². The number of alkyl carbamates (subject to hydrolysis) is 1. The molecule has 1 saturated heterocycles. The molecule has 51 heavy (non-hydrogen) atoms. The average molecular weight is 726 g/mol. The monoisotopic (exact) mass is 725 g/mol. The Morgan fingerprint density at radius 2 is 1.76 bits per heavy atom. The van der Waals surface area contributed by atoms with Gasteiger partial charge in [-0.1, -0.05) is 43.5 Å². The molecule has 7 rings (SSSR count). The molecule has 3 saturated carbocycles. The minimum atomic E-state index is -3.90. The van der Waals surface area contributed by atoms with Gasteiger partial charge in [-0.2, -0.15) is 0 Å². The number of cyclic esters (lactones) is 1. The summed E-state index contributed by atoms with van der Waals surface area (Å²) in [5.41, 5.74) is 1.67. The number of carbonyl (C=O) groups is 5. The Morgan fingerprint density at radius 3 is 2.49 bits per heavy atom. The van der Waals surface area contributed by atoms with E-state index in [1.165, 1.54) is 11.0 Å². The normalized spacial score (nSPS) is 30.3. The van der Waals surface area contributed by atoms with Gasteiger partial charge in [0.2, 0.25) is 21.8 Å². The van der Waals surface area contributed by atoms with E-state index in [9.17, 15) is 32.4 Å². The predicted octanol–water partition coefficient (Wildman–Crippen LogP) is 2.79. The molecule has 4 bridgehead atoms. The van der Waals surface area contributed by atoms with Crippen LogP contribution in [0.1, 0.15) is 87.3 Å². The number of amides is 5. The maximum atomic E-state index is 14.5. The SMILES string of the molecule is C=C[C@H]1C[C@]1(NC(=O)[C@@H]1C[C@@H]2CN1C(=O)[C@H](C1CCCCC1)NC(=O)OCCCCc1cccc3c1CN(C3)C(=O)O2)C(=O)NS(=O)(=O)C1CC1. The summed E-state index contributed by atoms with van der Waals surface area (Å²) in [7, 11) is -3.90. The Labute approximate surface area is 298 Å². The molecule has 4 fully saturated rings. The molecule has 1 aromatic rings. The molecule has 6 aliphatic rings. The van der Waals surface area contributed by atoms with Crippen LogP contribution in [0.5, 0.6) is 0 Å². The molecule has 0 radical (unpaired) electrons. The van der Waals surface area contributed by atoms with Gasteiger partial charge in [-0.3, -0.25) is 24.0 Å². The Morgan fingerprint density at radius 1 is 1.00 bits per heavy atom. The number of nitrogens with zero attached hydrogens (tertiary/aromatic N) is 2. The lowest BCUT2D eigenvalue weighted by molar-refractivity contribution is -0.142. The van der Waals surface area contributed by atoms with Gasteiger partial charge in [-0.25, -0.2) is 18.0 Å². The molecule has 3 N–H and O–H groups in total. The lowest BCUT2D eigenvalue weighted by atomic mass is 9.83. The van der Waals surface area contributed by atoms with Crippen molar-refractivity contribution in [3.05, 3.63) is 47.5 Å². The van der Waals surface area contributed by atoms with Crippen molar-refractivity contribution in [3.8, 4) is 0 Å². The highest BCUT2D eigenvalue weighted by atomic mass is 32.2. The third-order valence-corrected chi connectivity index (χ3v) is 13.3. The molecule has 1 aromatic carbocycles. The van der Waals surface area contributed by atoms with Crippen LogP contribution in [0.25, 0.3) is 0 Å². The molecule has 0 spiro atoms. The standard InChI is InChI=1S/C36H47N5O9S/c1-2-25-18-36(25,33(44)39-51(47,48)27-14-15-27)38-31(42)29-17-26-20-41(29)32(43)30(23-10-4-3-5-11-23)37-34(45)49-16-7-6-9-22-12-8-13-24-19-40(21-28(22)24)35(46)50-26/h2,8,12-13,23,25-27,29-30H,1,3-7,9-11,14-21H2,(H,37,45)(H,38,42)(H,39,44)/t25-,26+,29-,30-,36+/m0/s1. The van der Waals surface area contributed by atoms with Crippen molar-refractivity contribution in [3.63, 3.8) is 0 Å². The Hall–Kier alpha value is -4.14. The number of hydrogen-bond acceptors (Lipinski definition) is 9. The molecular formula is C36H47N5O9S. The maximum Gasteiger partial charge on any atom is 0.410 e. The summed E-state index contributed by atoms with van der Waals surface area (Å²) in [4.78, 5) is 71.8. The molecule has 3 aliphatic heterocycles. The molecule has 15 heteroatoms. The van der Waals surface area contributed by atoms with E-state index in [-0.39, 0.29) is 31.9 Å². The number of rotatable bonds is 7. The highest BCUT2D eigenvalue weighted by molar-refractivity contribution is 7.91. The first kappa shape index (κ1) is 35.3. The summed E-state index contributed by atoms with van der Waals surface area (Å²) in [6.07, 6.45) is 6.72. The third kappa shape index (κ3) is 7.31. The lowest BCUT2D eigenvalue weighted by Gasteiger charge is -2.34. The van der Waals surface area contributed by atoms with Crippen molar-refractivity contribution < 1.29 is 41.9 Å². The minimum Gasteiger partial charge on any atom is -0.450 e. The smallest absolute Gasteiger partial charge is 0.410 e. The second-order valence-electron chi connectivity index (χ2n) is 15.0. The fourth-order valence-corrected chi connectivity index (χ4v) is 9.61. The van der Waals surface area contributed by atoms with E-state index in [2.05, 4.69) is 21.9 Å². The van der Waals surface area contributed by atoms with Crippen molar-refractivity contribution in [1.82, 2.24) is 25.2 Å². The molecule has 14 nitrogen and oxygen atoms in total. The van der Waals surface area contributed by atoms with Crippen molar-refractivity contribution >= 4 is 39.9 Å². The third-order valence-electron chi connectivity index (χ3n) is 11.4. The van der Waals surface area contributed by atoms with Gasteiger partial charge in [0.25, 0.3) is 5.91 Å². The van der Waals surface area contributed by atoms with Crippen LogP contribution in [0.4, 0.5) is 9.59 Å². The summed E-state index contributed by atoms with van der Waals surface area (Å²) in [6.45, 7) is 4.58. The van der Waals surface area contributed by atoms with E-state index in [1.54, 1.807) is 4.90 Å². The Kier molecular flexibility index (Phi) is 9.76. The van der Waals surface area contributed by atoms with Crippen molar-refractivity contribution in [1.29, 1.82) is 0 Å². The molecule has 3 aliphatic carbocycles. The number of fused-ring (bicyclic) bond motifs is 3. The molecule has 276 valence electrons. The number of aryl methyl sites for hydroxylation is 1. The van der Waals surface area contributed by atoms with Gasteiger partial charge in [0.05, 0.1) is 18.4 Å². The van der Waals surface area contributed by atoms with Gasteiger partial charge >= 0.3 is 12.2 Å². The van der Waals surface area contributed by atoms with E-state index < -0.39 is 74.8 Å². The highest BCUT2D eigenvalue weighted by Gasteiger charge is 2.62. The van der Waals surface area contributed by atoms with Gasteiger partial charge in [0, 0.05) is 25.4 Å². The summed E-state index contributed by atoms with van der Waals surface area (Å²) in [6, 6.07) is 3.85. The van der Waals surface area contributed by atoms with Crippen molar-refractivity contribution in [2.45, 2.75) is 119 Å². The zero-order valence-corrected chi connectivity index (χ0v) is 29.6. The maximum absolute atomic E-state index is 14.5. The van der Waals surface area contributed by atoms with Gasteiger partial charge in [0.15, 0.2) is 0 Å². The second kappa shape index (κ2) is 14.1. The predicted molar refractivity (Wildman–Crippen MR) is 183 cm³/mol. The van der Waals surface area contributed by atoms with E-state index in [4.69, 9.17) is 9.47 Å². The van der Waals surface area contributed by atoms with Gasteiger partial charge in [-0.05, 0) is 74.0 Å². The Balaban J connectivity index is 1.16. The summed E-state index contributed by atoms with van der Waals surface area (Å²) in [5, 5.41) is 4.95. The van der Waals surface area contributed by atoms with Crippen LogP contribution in [-0.4, -0.2) is 90.3 Å². The highest BCUT2D eigenvalue weighted by Crippen LogP contribution is 2.45. The molecule has 5 atom stereocenters. The molecule has 0 unspecified atom stereocenters. The second-order valence-corrected chi connectivity index (χ2v) is 16.9. The van der Waals surface area contributed by atoms with E-state index in [0.717, 1.165) is 48.8 Å². The number of ether oxygens (including phenoxy) is 2. The number of carbonyl (C=O) groups excluding carboxylic acids is 5. The number of hydrogen-bond donors (Lipinski definition) is 3. The van der Waals surface area contributed by atoms with E-state index >= 15 is 0 Å². The molecule has 5 amide bonds. The fraction of sp³-hybridized carbons (Fsp3) is 0.639. The first-order valence-corrected chi connectivity index (χ1v) is 19.8. The van der Waals surface area contributed by atoms with Crippen LogP contribution < -0.4 is 15.4 Å². The number of sulfonamides is 1. The van der Waals surface area contributed by atoms with E-state index in [0.29, 0.717) is 45.2 Å². The minimum absolute atomic E-state index is 0.0476. The largest absolute Gasteiger partial charge is 0.450 e. The Bertz CT molecular complexity index is 1710. The van der Waals surface area contributed by atoms with Crippen LogP contribution in [-0.2, 0) is 53.4 Å². The van der Waals surface area contributed by atoms with Crippen LogP contribution in [0.15, 0.2) is 30.9 Å². The van der Waals surface area contributed by atoms with Crippen LogP contribution in [0.2, 0.25) is 0 Å². The summed E-state index contributed by atoms with van der Waals surface area (Å²) in [5.74, 6) is -2.74. The zero-order valence-electron chi connectivity index (χ0n) is 28.8. The van der Waals surface area contributed by atoms with Gasteiger partial charge < -0.3 is 25.0 Å². The van der Waals surface area contributed by atoms with Crippen molar-refractivity contribution in [2.24, 2.45) is 11.8 Å². The summed E-state index contributed by atoms with van der Waals surface area (Å²) >= 11 is 0. The quantitative estimate of drug-likeness (QED) is 0.357. The van der Waals surface area contributed by atoms with Gasteiger partial charge in [-0.15, -0.1) is 6.58 Å². The number of benzene rings is 1. The summed E-state index contributed by atoms with van der Waals surface area (Å²) < 4.78 is 39.0. The average Bonchev–Trinajstić information content (AvgIpc) is 4.01. The molecular weight excluding hydrogens is 678 g/mol. The molecule has 3 heterocycles. The topological polar surface area (TPSA) is 181 Å². The fourth-order valence-electron chi connectivity index (χ4n) is 8.24. The van der Waals surface area contributed by atoms with Crippen LogP contribution >= 0.6 is 0 Å². The zero-order chi connectivity index (χ0) is 35.9. The molecule has 0 aromatic heterocycles. The first-order chi connectivity index (χ1) is 24.5.